The molecule has 1 aliphatic rings. The van der Waals surface area contributed by atoms with Gasteiger partial charge in [0.25, 0.3) is 10.1 Å². The first kappa shape index (κ1) is 15.1. The summed E-state index contributed by atoms with van der Waals surface area (Å²) in [6, 6.07) is 7.24. The molecule has 0 spiro atoms. The zero-order chi connectivity index (χ0) is 14.6. The second kappa shape index (κ2) is 6.45. The summed E-state index contributed by atoms with van der Waals surface area (Å²) in [7, 11) is -1.86. The van der Waals surface area contributed by atoms with E-state index in [2.05, 4.69) is 0 Å². The number of hydrogen-bond donors (Lipinski definition) is 0. The molecule has 20 heavy (non-hydrogen) atoms. The van der Waals surface area contributed by atoms with Crippen LogP contribution >= 0.6 is 0 Å². The molecule has 2 rings (SSSR count). The molecule has 0 saturated heterocycles. The van der Waals surface area contributed by atoms with Crippen molar-refractivity contribution in [2.24, 2.45) is 0 Å². The van der Waals surface area contributed by atoms with E-state index in [1.54, 1.807) is 7.11 Å². The van der Waals surface area contributed by atoms with Crippen molar-refractivity contribution < 1.29 is 22.1 Å². The van der Waals surface area contributed by atoms with Crippen LogP contribution in [-0.2, 0) is 14.3 Å². The van der Waals surface area contributed by atoms with Gasteiger partial charge in [-0.3, -0.25) is 4.18 Å². The van der Waals surface area contributed by atoms with E-state index in [1.807, 2.05) is 24.3 Å². The minimum absolute atomic E-state index is 0.230. The molecular weight excluding hydrogens is 280 g/mol. The highest BCUT2D eigenvalue weighted by Crippen LogP contribution is 2.27. The fraction of sp³-hybridized carbons (Fsp3) is 0.571. The Morgan fingerprint density at radius 1 is 1.00 bits per heavy atom. The van der Waals surface area contributed by atoms with Crippen LogP contribution in [0.25, 0.3) is 0 Å². The van der Waals surface area contributed by atoms with Crippen molar-refractivity contribution in [3.05, 3.63) is 24.3 Å². The number of rotatable bonds is 5. The predicted octanol–water partition coefficient (Wildman–Crippen LogP) is 2.36. The van der Waals surface area contributed by atoms with Crippen LogP contribution in [0.1, 0.15) is 25.7 Å². The highest BCUT2D eigenvalue weighted by atomic mass is 32.2. The molecule has 0 amide bonds. The standard InChI is InChI=1S/C14H20O5S/c1-17-11-7-9-12(10-8-11)18-13-5-3-4-6-14(13)19-20(2,15)16/h7-10,13-14H,3-6H2,1-2H3/t13-,14-/m1/s1. The third-order valence-electron chi connectivity index (χ3n) is 3.29. The lowest BCUT2D eigenvalue weighted by Crippen LogP contribution is -2.38. The normalized spacial score (nSPS) is 23.3. The minimum Gasteiger partial charge on any atom is -0.497 e. The van der Waals surface area contributed by atoms with Crippen LogP contribution in [0.4, 0.5) is 0 Å². The second-order valence-electron chi connectivity index (χ2n) is 4.96. The van der Waals surface area contributed by atoms with E-state index in [0.29, 0.717) is 12.2 Å². The van der Waals surface area contributed by atoms with Gasteiger partial charge in [-0.05, 0) is 43.5 Å². The van der Waals surface area contributed by atoms with Crippen LogP contribution < -0.4 is 9.47 Å². The Hall–Kier alpha value is -1.27. The Morgan fingerprint density at radius 3 is 2.10 bits per heavy atom. The molecule has 1 fully saturated rings. The Bertz CT molecular complexity index is 523. The van der Waals surface area contributed by atoms with E-state index in [4.69, 9.17) is 13.7 Å². The van der Waals surface area contributed by atoms with Crippen LogP contribution in [0.2, 0.25) is 0 Å². The third-order valence-corrected chi connectivity index (χ3v) is 3.88. The number of benzene rings is 1. The molecule has 0 bridgehead atoms. The third kappa shape index (κ3) is 4.38. The molecule has 0 aliphatic heterocycles. The molecule has 0 radical (unpaired) electrons. The topological polar surface area (TPSA) is 61.8 Å². The average molecular weight is 300 g/mol. The van der Waals surface area contributed by atoms with E-state index in [9.17, 15) is 8.42 Å². The van der Waals surface area contributed by atoms with Gasteiger partial charge in [-0.15, -0.1) is 0 Å². The fourth-order valence-corrected chi connectivity index (χ4v) is 3.03. The van der Waals surface area contributed by atoms with Crippen molar-refractivity contribution in [2.45, 2.75) is 37.9 Å². The Balaban J connectivity index is 2.04. The van der Waals surface area contributed by atoms with Gasteiger partial charge in [0.05, 0.1) is 13.4 Å². The zero-order valence-electron chi connectivity index (χ0n) is 11.7. The minimum atomic E-state index is -3.46. The van der Waals surface area contributed by atoms with E-state index in [1.165, 1.54) is 0 Å². The van der Waals surface area contributed by atoms with Gasteiger partial charge in [-0.1, -0.05) is 6.42 Å². The molecule has 1 saturated carbocycles. The van der Waals surface area contributed by atoms with Gasteiger partial charge in [-0.25, -0.2) is 0 Å². The Morgan fingerprint density at radius 2 is 1.55 bits per heavy atom. The first-order valence-corrected chi connectivity index (χ1v) is 8.48. The van der Waals surface area contributed by atoms with Crippen molar-refractivity contribution in [1.29, 1.82) is 0 Å². The van der Waals surface area contributed by atoms with Crippen molar-refractivity contribution in [2.75, 3.05) is 13.4 Å². The van der Waals surface area contributed by atoms with Gasteiger partial charge in [0.15, 0.2) is 0 Å². The highest BCUT2D eigenvalue weighted by Gasteiger charge is 2.30. The summed E-state index contributed by atoms with van der Waals surface area (Å²) < 4.78 is 38.7. The molecule has 112 valence electrons. The smallest absolute Gasteiger partial charge is 0.264 e. The number of ether oxygens (including phenoxy) is 2. The van der Waals surface area contributed by atoms with E-state index in [0.717, 1.165) is 31.3 Å². The van der Waals surface area contributed by atoms with Crippen LogP contribution in [0.15, 0.2) is 24.3 Å². The molecule has 1 aliphatic carbocycles. The van der Waals surface area contributed by atoms with Crippen molar-refractivity contribution in [3.63, 3.8) is 0 Å². The summed E-state index contributed by atoms with van der Waals surface area (Å²) in [4.78, 5) is 0. The fourth-order valence-electron chi connectivity index (χ4n) is 2.36. The zero-order valence-corrected chi connectivity index (χ0v) is 12.6. The molecule has 0 unspecified atom stereocenters. The lowest BCUT2D eigenvalue weighted by molar-refractivity contribution is 0.0277. The maximum Gasteiger partial charge on any atom is 0.264 e. The SMILES string of the molecule is COc1ccc(O[C@@H]2CCCC[C@H]2OS(C)(=O)=O)cc1. The maximum atomic E-state index is 11.3. The molecule has 1 aromatic carbocycles. The van der Waals surface area contributed by atoms with E-state index < -0.39 is 16.2 Å². The number of methoxy groups -OCH3 is 1. The van der Waals surface area contributed by atoms with Crippen molar-refractivity contribution in [1.82, 2.24) is 0 Å². The monoisotopic (exact) mass is 300 g/mol. The van der Waals surface area contributed by atoms with Gasteiger partial charge >= 0.3 is 0 Å². The van der Waals surface area contributed by atoms with Crippen LogP contribution in [0.3, 0.4) is 0 Å². The Kier molecular flexibility index (Phi) is 4.88. The molecule has 0 N–H and O–H groups in total. The van der Waals surface area contributed by atoms with Gasteiger partial charge in [-0.2, -0.15) is 8.42 Å². The summed E-state index contributed by atoms with van der Waals surface area (Å²) in [6.45, 7) is 0. The van der Waals surface area contributed by atoms with E-state index in [-0.39, 0.29) is 6.10 Å². The van der Waals surface area contributed by atoms with Crippen molar-refractivity contribution in [3.8, 4) is 11.5 Å². The molecule has 6 heteroatoms. The summed E-state index contributed by atoms with van der Waals surface area (Å²) >= 11 is 0. The van der Waals surface area contributed by atoms with Crippen molar-refractivity contribution >= 4 is 10.1 Å². The maximum absolute atomic E-state index is 11.3. The molecule has 2 atom stereocenters. The molecular formula is C14H20O5S. The van der Waals surface area contributed by atoms with Crippen LogP contribution in [0.5, 0.6) is 11.5 Å². The average Bonchev–Trinajstić information content (AvgIpc) is 2.40. The van der Waals surface area contributed by atoms with Gasteiger partial charge in [0.2, 0.25) is 0 Å². The predicted molar refractivity (Wildman–Crippen MR) is 75.6 cm³/mol. The molecule has 0 heterocycles. The number of hydrogen-bond acceptors (Lipinski definition) is 5. The van der Waals surface area contributed by atoms with Gasteiger partial charge < -0.3 is 9.47 Å². The molecule has 1 aromatic rings. The highest BCUT2D eigenvalue weighted by molar-refractivity contribution is 7.86. The summed E-state index contributed by atoms with van der Waals surface area (Å²) in [5.74, 6) is 1.45. The first-order valence-electron chi connectivity index (χ1n) is 6.67. The lowest BCUT2D eigenvalue weighted by Gasteiger charge is -2.30. The molecule has 5 nitrogen and oxygen atoms in total. The van der Waals surface area contributed by atoms with Gasteiger partial charge in [0.1, 0.15) is 23.7 Å². The molecule has 0 aromatic heterocycles. The second-order valence-corrected chi connectivity index (χ2v) is 6.56. The summed E-state index contributed by atoms with van der Waals surface area (Å²) in [5.41, 5.74) is 0. The summed E-state index contributed by atoms with van der Waals surface area (Å²) in [5, 5.41) is 0. The van der Waals surface area contributed by atoms with Crippen LogP contribution in [-0.4, -0.2) is 34.0 Å². The quantitative estimate of drug-likeness (QED) is 0.781. The Labute approximate surface area is 120 Å². The van der Waals surface area contributed by atoms with Gasteiger partial charge in [0, 0.05) is 0 Å². The largest absolute Gasteiger partial charge is 0.497 e. The summed E-state index contributed by atoms with van der Waals surface area (Å²) in [6.07, 6.45) is 3.92. The van der Waals surface area contributed by atoms with E-state index >= 15 is 0 Å². The first-order chi connectivity index (χ1) is 9.48. The van der Waals surface area contributed by atoms with Crippen LogP contribution in [0, 0.1) is 0 Å². The lowest BCUT2D eigenvalue weighted by atomic mass is 9.95.